The third kappa shape index (κ3) is 4.24. The van der Waals surface area contributed by atoms with Gasteiger partial charge in [-0.15, -0.1) is 0 Å². The number of hydrogen-bond acceptors (Lipinski definition) is 4. The van der Waals surface area contributed by atoms with Gasteiger partial charge in [-0.3, -0.25) is 4.79 Å². The van der Waals surface area contributed by atoms with Crippen molar-refractivity contribution in [2.75, 3.05) is 5.32 Å². The summed E-state index contributed by atoms with van der Waals surface area (Å²) >= 11 is 0. The standard InChI is InChI=1S/C22H23N3O3S/c26-22(24-21-14-15-23-25(21)18-10-4-5-11-18)19-12-6-7-13-20(19)29(27,28)16-17-8-2-1-3-9-17/h1-3,6-9,12-15,18H,4-5,10-11,16H2,(H,24,26). The van der Waals surface area contributed by atoms with Crippen LogP contribution >= 0.6 is 0 Å². The fourth-order valence-corrected chi connectivity index (χ4v) is 5.40. The van der Waals surface area contributed by atoms with E-state index in [0.717, 1.165) is 25.7 Å². The second-order valence-electron chi connectivity index (χ2n) is 7.29. The molecule has 2 aromatic carbocycles. The average Bonchev–Trinajstić information content (AvgIpc) is 3.40. The number of nitrogens with zero attached hydrogens (tertiary/aromatic N) is 2. The summed E-state index contributed by atoms with van der Waals surface area (Å²) in [7, 11) is -3.68. The van der Waals surface area contributed by atoms with Crippen LogP contribution in [-0.4, -0.2) is 24.1 Å². The van der Waals surface area contributed by atoms with Gasteiger partial charge in [-0.1, -0.05) is 55.3 Å². The number of hydrogen-bond donors (Lipinski definition) is 1. The molecule has 6 nitrogen and oxygen atoms in total. The molecule has 1 amide bonds. The average molecular weight is 410 g/mol. The third-order valence-corrected chi connectivity index (χ3v) is 6.99. The lowest BCUT2D eigenvalue weighted by Crippen LogP contribution is -2.20. The Morgan fingerprint density at radius 3 is 2.45 bits per heavy atom. The van der Waals surface area contributed by atoms with Gasteiger partial charge in [0.05, 0.1) is 28.5 Å². The van der Waals surface area contributed by atoms with Crippen LogP contribution in [0.2, 0.25) is 0 Å². The lowest BCUT2D eigenvalue weighted by atomic mass is 10.2. The predicted molar refractivity (Wildman–Crippen MR) is 111 cm³/mol. The van der Waals surface area contributed by atoms with E-state index in [2.05, 4.69) is 10.4 Å². The molecule has 7 heteroatoms. The van der Waals surface area contributed by atoms with Gasteiger partial charge in [0.1, 0.15) is 5.82 Å². The number of amides is 1. The maximum atomic E-state index is 13.0. The Kier molecular flexibility index (Phi) is 5.49. The van der Waals surface area contributed by atoms with Crippen molar-refractivity contribution in [3.8, 4) is 0 Å². The molecule has 1 heterocycles. The molecular formula is C22H23N3O3S. The van der Waals surface area contributed by atoms with E-state index in [4.69, 9.17) is 0 Å². The Balaban J connectivity index is 1.60. The van der Waals surface area contributed by atoms with Crippen molar-refractivity contribution in [1.82, 2.24) is 9.78 Å². The zero-order valence-electron chi connectivity index (χ0n) is 16.0. The molecule has 1 aliphatic carbocycles. The van der Waals surface area contributed by atoms with Crippen molar-refractivity contribution >= 4 is 21.6 Å². The van der Waals surface area contributed by atoms with E-state index in [1.165, 1.54) is 6.07 Å². The molecule has 29 heavy (non-hydrogen) atoms. The molecule has 150 valence electrons. The number of sulfone groups is 1. The van der Waals surface area contributed by atoms with Crippen molar-refractivity contribution in [1.29, 1.82) is 0 Å². The Morgan fingerprint density at radius 1 is 1.00 bits per heavy atom. The first kappa shape index (κ1) is 19.4. The van der Waals surface area contributed by atoms with Crippen LogP contribution in [-0.2, 0) is 15.6 Å². The Morgan fingerprint density at radius 2 is 1.69 bits per heavy atom. The van der Waals surface area contributed by atoms with Crippen LogP contribution in [0.3, 0.4) is 0 Å². The highest BCUT2D eigenvalue weighted by atomic mass is 32.2. The van der Waals surface area contributed by atoms with Gasteiger partial charge in [0.25, 0.3) is 5.91 Å². The highest BCUT2D eigenvalue weighted by Gasteiger charge is 2.25. The summed E-state index contributed by atoms with van der Waals surface area (Å²) in [5.74, 6) is -0.00727. The van der Waals surface area contributed by atoms with Crippen LogP contribution in [0.5, 0.6) is 0 Å². The molecule has 1 aliphatic rings. The quantitative estimate of drug-likeness (QED) is 0.661. The summed E-state index contributed by atoms with van der Waals surface area (Å²) in [4.78, 5) is 13.0. The third-order valence-electron chi connectivity index (χ3n) is 5.25. The van der Waals surface area contributed by atoms with Crippen molar-refractivity contribution in [2.45, 2.75) is 42.4 Å². The van der Waals surface area contributed by atoms with Crippen LogP contribution in [0.15, 0.2) is 71.8 Å². The van der Waals surface area contributed by atoms with Crippen LogP contribution in [0.4, 0.5) is 5.82 Å². The largest absolute Gasteiger partial charge is 0.307 e. The molecule has 0 unspecified atom stereocenters. The van der Waals surface area contributed by atoms with Gasteiger partial charge in [-0.2, -0.15) is 5.10 Å². The van der Waals surface area contributed by atoms with Gasteiger partial charge in [0.15, 0.2) is 9.84 Å². The first-order valence-electron chi connectivity index (χ1n) is 9.75. The molecule has 0 aliphatic heterocycles. The summed E-state index contributed by atoms with van der Waals surface area (Å²) < 4.78 is 27.9. The molecule has 1 aromatic heterocycles. The van der Waals surface area contributed by atoms with Crippen LogP contribution in [0.25, 0.3) is 0 Å². The molecule has 4 rings (SSSR count). The lowest BCUT2D eigenvalue weighted by molar-refractivity contribution is 0.102. The van der Waals surface area contributed by atoms with Gasteiger partial charge < -0.3 is 5.32 Å². The molecule has 1 N–H and O–H groups in total. The lowest BCUT2D eigenvalue weighted by Gasteiger charge is -2.15. The van der Waals surface area contributed by atoms with Crippen molar-refractivity contribution in [3.63, 3.8) is 0 Å². The minimum Gasteiger partial charge on any atom is -0.307 e. The monoisotopic (exact) mass is 409 g/mol. The minimum atomic E-state index is -3.68. The Hall–Kier alpha value is -2.93. The Labute approximate surface area is 170 Å². The number of carbonyl (C=O) groups is 1. The second-order valence-corrected chi connectivity index (χ2v) is 9.25. The normalized spacial score (nSPS) is 14.8. The van der Waals surface area contributed by atoms with Gasteiger partial charge in [-0.25, -0.2) is 13.1 Å². The van der Waals surface area contributed by atoms with E-state index in [0.29, 0.717) is 11.4 Å². The number of rotatable bonds is 6. The maximum Gasteiger partial charge on any atom is 0.258 e. The molecule has 0 radical (unpaired) electrons. The molecule has 1 saturated carbocycles. The zero-order valence-corrected chi connectivity index (χ0v) is 16.8. The number of nitrogens with one attached hydrogen (secondary N) is 1. The van der Waals surface area contributed by atoms with Crippen LogP contribution in [0, 0.1) is 0 Å². The highest BCUT2D eigenvalue weighted by molar-refractivity contribution is 7.90. The number of anilines is 1. The summed E-state index contributed by atoms with van der Waals surface area (Å²) in [6, 6.07) is 17.3. The fourth-order valence-electron chi connectivity index (χ4n) is 3.83. The molecule has 0 spiro atoms. The van der Waals surface area contributed by atoms with Crippen molar-refractivity contribution < 1.29 is 13.2 Å². The van der Waals surface area contributed by atoms with E-state index in [1.54, 1.807) is 54.7 Å². The van der Waals surface area contributed by atoms with Gasteiger partial charge in [0, 0.05) is 6.07 Å². The minimum absolute atomic E-state index is 0.0354. The van der Waals surface area contributed by atoms with E-state index >= 15 is 0 Å². The fraction of sp³-hybridized carbons (Fsp3) is 0.273. The first-order chi connectivity index (χ1) is 14.0. The highest BCUT2D eigenvalue weighted by Crippen LogP contribution is 2.31. The molecule has 0 atom stereocenters. The summed E-state index contributed by atoms with van der Waals surface area (Å²) in [6.45, 7) is 0. The smallest absolute Gasteiger partial charge is 0.258 e. The Bertz CT molecular complexity index is 1100. The molecule has 3 aromatic rings. The van der Waals surface area contributed by atoms with E-state index in [-0.39, 0.29) is 22.3 Å². The maximum absolute atomic E-state index is 13.0. The second kappa shape index (κ2) is 8.21. The number of carbonyl (C=O) groups excluding carboxylic acids is 1. The van der Waals surface area contributed by atoms with Crippen molar-refractivity contribution in [2.24, 2.45) is 0 Å². The van der Waals surface area contributed by atoms with E-state index in [1.807, 2.05) is 10.7 Å². The molecular weight excluding hydrogens is 386 g/mol. The summed E-state index contributed by atoms with van der Waals surface area (Å²) in [6.07, 6.45) is 6.03. The number of aromatic nitrogens is 2. The van der Waals surface area contributed by atoms with E-state index < -0.39 is 15.7 Å². The van der Waals surface area contributed by atoms with Gasteiger partial charge >= 0.3 is 0 Å². The van der Waals surface area contributed by atoms with Gasteiger partial charge in [-0.05, 0) is 30.5 Å². The van der Waals surface area contributed by atoms with Crippen LogP contribution in [0.1, 0.15) is 47.6 Å². The summed E-state index contributed by atoms with van der Waals surface area (Å²) in [5.41, 5.74) is 0.824. The zero-order chi connectivity index (χ0) is 20.3. The molecule has 0 saturated heterocycles. The van der Waals surface area contributed by atoms with E-state index in [9.17, 15) is 13.2 Å². The van der Waals surface area contributed by atoms with Crippen LogP contribution < -0.4 is 5.32 Å². The predicted octanol–water partition coefficient (Wildman–Crippen LogP) is 4.22. The van der Waals surface area contributed by atoms with Crippen molar-refractivity contribution in [3.05, 3.63) is 78.0 Å². The number of benzene rings is 2. The molecule has 0 bridgehead atoms. The SMILES string of the molecule is O=C(Nc1ccnn1C1CCCC1)c1ccccc1S(=O)(=O)Cc1ccccc1. The topological polar surface area (TPSA) is 81.1 Å². The van der Waals surface area contributed by atoms with Gasteiger partial charge in [0.2, 0.25) is 0 Å². The first-order valence-corrected chi connectivity index (χ1v) is 11.4. The summed E-state index contributed by atoms with van der Waals surface area (Å²) in [5, 5.41) is 7.21. The molecule has 1 fully saturated rings.